The Labute approximate surface area is 194 Å². The average molecular weight is 446 g/mol. The van der Waals surface area contributed by atoms with Gasteiger partial charge >= 0.3 is 0 Å². The monoisotopic (exact) mass is 445 g/mol. The van der Waals surface area contributed by atoms with E-state index in [4.69, 9.17) is 4.74 Å². The molecule has 0 radical (unpaired) electrons. The molecule has 3 heterocycles. The van der Waals surface area contributed by atoms with E-state index in [0.717, 1.165) is 50.7 Å². The van der Waals surface area contributed by atoms with E-state index in [9.17, 15) is 4.79 Å². The largest absolute Gasteiger partial charge is 0.381 e. The molecule has 0 bridgehead atoms. The summed E-state index contributed by atoms with van der Waals surface area (Å²) in [5.74, 6) is 1.84. The summed E-state index contributed by atoms with van der Waals surface area (Å²) in [7, 11) is 0. The van der Waals surface area contributed by atoms with Crippen LogP contribution in [-0.4, -0.2) is 51.9 Å². The fourth-order valence-electron chi connectivity index (χ4n) is 4.76. The van der Waals surface area contributed by atoms with Crippen LogP contribution in [-0.2, 0) is 35.6 Å². The van der Waals surface area contributed by atoms with Crippen molar-refractivity contribution in [2.75, 3.05) is 26.3 Å². The van der Waals surface area contributed by atoms with Crippen molar-refractivity contribution < 1.29 is 9.53 Å². The Kier molecular flexibility index (Phi) is 6.51. The fourth-order valence-corrected chi connectivity index (χ4v) is 4.76. The summed E-state index contributed by atoms with van der Waals surface area (Å²) in [6, 6.07) is 17.4. The number of aryl methyl sites for hydroxylation is 1. The fraction of sp³-hybridized carbons (Fsp3) is 0.423. The number of rotatable bonds is 6. The predicted molar refractivity (Wildman–Crippen MR) is 126 cm³/mol. The third kappa shape index (κ3) is 4.99. The van der Waals surface area contributed by atoms with Gasteiger partial charge in [-0.3, -0.25) is 9.69 Å². The normalized spacial score (nSPS) is 18.6. The topological polar surface area (TPSA) is 72.3 Å². The highest BCUT2D eigenvalue weighted by atomic mass is 16.5. The van der Waals surface area contributed by atoms with Crippen LogP contribution in [0.1, 0.15) is 29.2 Å². The lowest BCUT2D eigenvalue weighted by Crippen LogP contribution is -2.32. The molecule has 33 heavy (non-hydrogen) atoms. The SMILES string of the molecule is Cc1ccccc1-c1cccc(CN2CCc3nnc(CNC(=O)C4CCOC4)n3CC2)c1. The van der Waals surface area contributed by atoms with Crippen LogP contribution in [0.3, 0.4) is 0 Å². The minimum Gasteiger partial charge on any atom is -0.381 e. The van der Waals surface area contributed by atoms with Crippen molar-refractivity contribution in [1.29, 1.82) is 0 Å². The number of nitrogens with one attached hydrogen (secondary N) is 1. The van der Waals surface area contributed by atoms with E-state index < -0.39 is 0 Å². The number of carbonyl (C=O) groups is 1. The molecule has 3 aromatic rings. The van der Waals surface area contributed by atoms with Gasteiger partial charge in [0.1, 0.15) is 5.82 Å². The summed E-state index contributed by atoms with van der Waals surface area (Å²) in [6.07, 6.45) is 1.65. The standard InChI is InChI=1S/C26H31N5O2/c1-19-5-2-3-8-23(19)21-7-4-6-20(15-21)17-30-11-9-24-28-29-25(31(24)13-12-30)16-27-26(32)22-10-14-33-18-22/h2-8,15,22H,9-14,16-18H2,1H3,(H,27,32). The van der Waals surface area contributed by atoms with Crippen molar-refractivity contribution in [2.45, 2.75) is 39.4 Å². The lowest BCUT2D eigenvalue weighted by Gasteiger charge is -2.20. The molecule has 5 rings (SSSR count). The highest BCUT2D eigenvalue weighted by Crippen LogP contribution is 2.24. The lowest BCUT2D eigenvalue weighted by atomic mass is 9.99. The van der Waals surface area contributed by atoms with Crippen molar-refractivity contribution in [3.63, 3.8) is 0 Å². The molecule has 7 nitrogen and oxygen atoms in total. The maximum atomic E-state index is 12.3. The summed E-state index contributed by atoms with van der Waals surface area (Å²) in [5.41, 5.74) is 5.17. The molecule has 172 valence electrons. The van der Waals surface area contributed by atoms with Gasteiger partial charge in [-0.1, -0.05) is 42.5 Å². The Morgan fingerprint density at radius 2 is 2.03 bits per heavy atom. The zero-order valence-electron chi connectivity index (χ0n) is 19.2. The van der Waals surface area contributed by atoms with Gasteiger partial charge in [0.05, 0.1) is 19.1 Å². The highest BCUT2D eigenvalue weighted by Gasteiger charge is 2.24. The molecule has 0 aliphatic carbocycles. The van der Waals surface area contributed by atoms with E-state index in [0.29, 0.717) is 19.8 Å². The van der Waals surface area contributed by atoms with E-state index in [1.165, 1.54) is 22.3 Å². The third-order valence-electron chi connectivity index (χ3n) is 6.71. The number of amides is 1. The predicted octanol–water partition coefficient (Wildman–Crippen LogP) is 2.96. The van der Waals surface area contributed by atoms with E-state index in [1.807, 2.05) is 0 Å². The number of carbonyl (C=O) groups excluding carboxylic acids is 1. The summed E-state index contributed by atoms with van der Waals surface area (Å²) in [4.78, 5) is 14.8. The molecule has 2 aliphatic heterocycles. The average Bonchev–Trinajstić information content (AvgIpc) is 3.46. The zero-order valence-corrected chi connectivity index (χ0v) is 19.2. The van der Waals surface area contributed by atoms with Crippen LogP contribution in [0.4, 0.5) is 0 Å². The van der Waals surface area contributed by atoms with Crippen molar-refractivity contribution in [2.24, 2.45) is 5.92 Å². The highest BCUT2D eigenvalue weighted by molar-refractivity contribution is 5.78. The van der Waals surface area contributed by atoms with E-state index in [1.54, 1.807) is 0 Å². The van der Waals surface area contributed by atoms with Crippen molar-refractivity contribution in [3.05, 3.63) is 71.3 Å². The number of nitrogens with zero attached hydrogens (tertiary/aromatic N) is 4. The summed E-state index contributed by atoms with van der Waals surface area (Å²) in [5, 5.41) is 11.8. The van der Waals surface area contributed by atoms with E-state index >= 15 is 0 Å². The van der Waals surface area contributed by atoms with Gasteiger partial charge in [-0.05, 0) is 41.7 Å². The molecular weight excluding hydrogens is 414 g/mol. The van der Waals surface area contributed by atoms with Crippen LogP contribution >= 0.6 is 0 Å². The summed E-state index contributed by atoms with van der Waals surface area (Å²) in [6.45, 7) is 7.37. The molecule has 0 saturated carbocycles. The van der Waals surface area contributed by atoms with Crippen molar-refractivity contribution >= 4 is 5.91 Å². The second-order valence-corrected chi connectivity index (χ2v) is 9.00. The number of fused-ring (bicyclic) bond motifs is 1. The number of hydrogen-bond donors (Lipinski definition) is 1. The Hall–Kier alpha value is -3.03. The van der Waals surface area contributed by atoms with Gasteiger partial charge in [0.25, 0.3) is 0 Å². The first-order valence-corrected chi connectivity index (χ1v) is 11.8. The summed E-state index contributed by atoms with van der Waals surface area (Å²) >= 11 is 0. The van der Waals surface area contributed by atoms with Gasteiger partial charge in [-0.15, -0.1) is 10.2 Å². The molecule has 0 spiro atoms. The number of ether oxygens (including phenoxy) is 1. The molecular formula is C26H31N5O2. The first-order valence-electron chi connectivity index (χ1n) is 11.8. The molecule has 7 heteroatoms. The first kappa shape index (κ1) is 21.8. The molecule has 1 amide bonds. The zero-order chi connectivity index (χ0) is 22.6. The van der Waals surface area contributed by atoms with Gasteiger partial charge in [-0.2, -0.15) is 0 Å². The van der Waals surface area contributed by atoms with Crippen LogP contribution in [0.25, 0.3) is 11.1 Å². The second-order valence-electron chi connectivity index (χ2n) is 9.00. The quantitative estimate of drug-likeness (QED) is 0.632. The minimum absolute atomic E-state index is 0.0394. The first-order chi connectivity index (χ1) is 16.2. The summed E-state index contributed by atoms with van der Waals surface area (Å²) < 4.78 is 7.50. The molecule has 1 atom stereocenters. The van der Waals surface area contributed by atoms with Crippen LogP contribution < -0.4 is 5.32 Å². The van der Waals surface area contributed by atoms with Crippen LogP contribution in [0, 0.1) is 12.8 Å². The molecule has 1 N–H and O–H groups in total. The minimum atomic E-state index is -0.0394. The van der Waals surface area contributed by atoms with Gasteiger partial charge in [0.2, 0.25) is 5.91 Å². The van der Waals surface area contributed by atoms with Gasteiger partial charge < -0.3 is 14.6 Å². The third-order valence-corrected chi connectivity index (χ3v) is 6.71. The Bertz CT molecular complexity index is 1120. The Balaban J connectivity index is 1.21. The Morgan fingerprint density at radius 3 is 2.88 bits per heavy atom. The van der Waals surface area contributed by atoms with Gasteiger partial charge in [0.15, 0.2) is 5.82 Å². The van der Waals surface area contributed by atoms with E-state index in [-0.39, 0.29) is 11.8 Å². The molecule has 2 aromatic carbocycles. The Morgan fingerprint density at radius 1 is 1.12 bits per heavy atom. The van der Waals surface area contributed by atoms with Crippen LogP contribution in [0.2, 0.25) is 0 Å². The molecule has 1 aromatic heterocycles. The smallest absolute Gasteiger partial charge is 0.225 e. The van der Waals surface area contributed by atoms with Crippen molar-refractivity contribution in [1.82, 2.24) is 25.0 Å². The van der Waals surface area contributed by atoms with Crippen molar-refractivity contribution in [3.8, 4) is 11.1 Å². The van der Waals surface area contributed by atoms with Gasteiger partial charge in [0, 0.05) is 39.2 Å². The second kappa shape index (κ2) is 9.85. The molecule has 2 aliphatic rings. The maximum Gasteiger partial charge on any atom is 0.225 e. The van der Waals surface area contributed by atoms with E-state index in [2.05, 4.69) is 80.4 Å². The lowest BCUT2D eigenvalue weighted by molar-refractivity contribution is -0.125. The maximum absolute atomic E-state index is 12.3. The molecule has 1 fully saturated rings. The number of aromatic nitrogens is 3. The molecule has 1 saturated heterocycles. The van der Waals surface area contributed by atoms with Crippen LogP contribution in [0.15, 0.2) is 48.5 Å². The van der Waals surface area contributed by atoms with Gasteiger partial charge in [-0.25, -0.2) is 0 Å². The number of hydrogen-bond acceptors (Lipinski definition) is 5. The van der Waals surface area contributed by atoms with Crippen LogP contribution in [0.5, 0.6) is 0 Å². The number of benzene rings is 2. The molecule has 1 unspecified atom stereocenters.